The van der Waals surface area contributed by atoms with Crippen LogP contribution in [0.5, 0.6) is 0 Å². The highest BCUT2D eigenvalue weighted by molar-refractivity contribution is 5.91. The average molecular weight is 373 g/mol. The highest BCUT2D eigenvalue weighted by Crippen LogP contribution is 2.66. The SMILES string of the molecule is CC(=O)OCC=C1CC[C@H]2[C@@H]3CCC4=CC(=O)CC[C@]4(C)[C@H]3C(O)C[C@]12C. The number of rotatable bonds is 2. The summed E-state index contributed by atoms with van der Waals surface area (Å²) in [5.74, 6) is 1.35. The second kappa shape index (κ2) is 6.58. The summed E-state index contributed by atoms with van der Waals surface area (Å²) in [6.45, 7) is 6.38. The molecular weight excluding hydrogens is 340 g/mol. The minimum absolute atomic E-state index is 0.00277. The molecule has 0 amide bonds. The van der Waals surface area contributed by atoms with Crippen molar-refractivity contribution in [2.45, 2.75) is 71.8 Å². The van der Waals surface area contributed by atoms with Gasteiger partial charge in [-0.1, -0.05) is 25.0 Å². The quantitative estimate of drug-likeness (QED) is 0.588. The summed E-state index contributed by atoms with van der Waals surface area (Å²) in [4.78, 5) is 23.0. The minimum atomic E-state index is -0.339. The number of esters is 1. The number of hydrogen-bond donors (Lipinski definition) is 1. The summed E-state index contributed by atoms with van der Waals surface area (Å²) in [6, 6.07) is 0. The van der Waals surface area contributed by atoms with Crippen molar-refractivity contribution in [2.75, 3.05) is 6.61 Å². The predicted octanol–water partition coefficient (Wildman–Crippen LogP) is 3.98. The van der Waals surface area contributed by atoms with Gasteiger partial charge in [0.15, 0.2) is 5.78 Å². The van der Waals surface area contributed by atoms with E-state index in [0.29, 0.717) is 24.9 Å². The molecule has 0 heterocycles. The number of hydrogen-bond acceptors (Lipinski definition) is 4. The van der Waals surface area contributed by atoms with Crippen LogP contribution in [0.3, 0.4) is 0 Å². The van der Waals surface area contributed by atoms with E-state index in [2.05, 4.69) is 19.9 Å². The fourth-order valence-corrected chi connectivity index (χ4v) is 7.13. The van der Waals surface area contributed by atoms with Crippen LogP contribution in [0.4, 0.5) is 0 Å². The van der Waals surface area contributed by atoms with Gasteiger partial charge in [-0.15, -0.1) is 0 Å². The molecule has 27 heavy (non-hydrogen) atoms. The number of aliphatic hydroxyl groups is 1. The van der Waals surface area contributed by atoms with Crippen LogP contribution in [0.1, 0.15) is 65.7 Å². The lowest BCUT2D eigenvalue weighted by atomic mass is 9.46. The van der Waals surface area contributed by atoms with Crippen LogP contribution in [-0.2, 0) is 14.3 Å². The van der Waals surface area contributed by atoms with E-state index in [1.165, 1.54) is 18.1 Å². The molecule has 0 spiro atoms. The second-order valence-corrected chi connectivity index (χ2v) is 9.65. The van der Waals surface area contributed by atoms with Gasteiger partial charge in [0.05, 0.1) is 6.10 Å². The first kappa shape index (κ1) is 18.9. The van der Waals surface area contributed by atoms with Gasteiger partial charge >= 0.3 is 5.97 Å². The molecule has 4 heteroatoms. The zero-order valence-corrected chi connectivity index (χ0v) is 16.8. The highest BCUT2D eigenvalue weighted by atomic mass is 16.5. The Labute approximate surface area is 162 Å². The van der Waals surface area contributed by atoms with Gasteiger partial charge in [0.25, 0.3) is 0 Å². The van der Waals surface area contributed by atoms with Crippen molar-refractivity contribution in [1.82, 2.24) is 0 Å². The first-order chi connectivity index (χ1) is 12.8. The molecule has 4 nitrogen and oxygen atoms in total. The number of carbonyl (C=O) groups excluding carboxylic acids is 2. The van der Waals surface area contributed by atoms with Crippen LogP contribution >= 0.6 is 0 Å². The van der Waals surface area contributed by atoms with E-state index < -0.39 is 0 Å². The lowest BCUT2D eigenvalue weighted by Gasteiger charge is -2.59. The van der Waals surface area contributed by atoms with E-state index in [4.69, 9.17) is 4.74 Å². The van der Waals surface area contributed by atoms with Crippen molar-refractivity contribution >= 4 is 11.8 Å². The molecule has 0 saturated heterocycles. The first-order valence-electron chi connectivity index (χ1n) is 10.5. The summed E-state index contributed by atoms with van der Waals surface area (Å²) >= 11 is 0. The molecule has 1 unspecified atom stereocenters. The Balaban J connectivity index is 1.63. The van der Waals surface area contributed by atoms with Crippen LogP contribution in [0.15, 0.2) is 23.3 Å². The van der Waals surface area contributed by atoms with Gasteiger partial charge in [-0.2, -0.15) is 0 Å². The summed E-state index contributed by atoms with van der Waals surface area (Å²) in [7, 11) is 0. The molecule has 0 radical (unpaired) electrons. The maximum atomic E-state index is 11.9. The van der Waals surface area contributed by atoms with Gasteiger partial charge in [0.1, 0.15) is 6.61 Å². The second-order valence-electron chi connectivity index (χ2n) is 9.65. The molecule has 0 aromatic rings. The Morgan fingerprint density at radius 3 is 2.78 bits per heavy atom. The van der Waals surface area contributed by atoms with E-state index in [1.54, 1.807) is 0 Å². The maximum absolute atomic E-state index is 11.9. The smallest absolute Gasteiger partial charge is 0.302 e. The van der Waals surface area contributed by atoms with Gasteiger partial charge in [-0.05, 0) is 79.3 Å². The van der Waals surface area contributed by atoms with Crippen LogP contribution in [0.2, 0.25) is 0 Å². The molecule has 148 valence electrons. The molecule has 3 saturated carbocycles. The number of allylic oxidation sites excluding steroid dienone is 2. The zero-order valence-electron chi connectivity index (χ0n) is 16.8. The summed E-state index contributed by atoms with van der Waals surface area (Å²) in [5.41, 5.74) is 2.62. The fraction of sp³-hybridized carbons (Fsp3) is 0.739. The van der Waals surface area contributed by atoms with Gasteiger partial charge in [-0.25, -0.2) is 0 Å². The average Bonchev–Trinajstić information content (AvgIpc) is 2.91. The normalized spacial score (nSPS) is 45.0. The molecule has 4 aliphatic carbocycles. The van der Waals surface area contributed by atoms with Crippen molar-refractivity contribution in [3.63, 3.8) is 0 Å². The third-order valence-electron chi connectivity index (χ3n) is 8.36. The Hall–Kier alpha value is -1.42. The zero-order chi connectivity index (χ0) is 19.4. The van der Waals surface area contributed by atoms with Crippen LogP contribution in [-0.4, -0.2) is 29.6 Å². The third kappa shape index (κ3) is 2.91. The molecule has 0 aromatic carbocycles. The fourth-order valence-electron chi connectivity index (χ4n) is 7.13. The largest absolute Gasteiger partial charge is 0.462 e. The topological polar surface area (TPSA) is 63.6 Å². The van der Waals surface area contributed by atoms with Gasteiger partial charge in [0.2, 0.25) is 0 Å². The Morgan fingerprint density at radius 2 is 2.04 bits per heavy atom. The van der Waals surface area contributed by atoms with Crippen LogP contribution in [0.25, 0.3) is 0 Å². The summed E-state index contributed by atoms with van der Waals surface area (Å²) in [6.07, 6.45) is 10.2. The molecule has 4 aliphatic rings. The van der Waals surface area contributed by atoms with Gasteiger partial charge in [-0.3, -0.25) is 9.59 Å². The highest BCUT2D eigenvalue weighted by Gasteiger charge is 2.60. The van der Waals surface area contributed by atoms with Gasteiger partial charge < -0.3 is 9.84 Å². The Morgan fingerprint density at radius 1 is 1.26 bits per heavy atom. The van der Waals surface area contributed by atoms with E-state index in [-0.39, 0.29) is 34.6 Å². The molecule has 3 fully saturated rings. The standard InChI is InChI=1S/C23H32O4/c1-14(24)27-11-9-15-5-7-19-18-6-4-16-12-17(25)8-10-22(16,2)21(18)20(26)13-23(15,19)3/h9,12,18-21,26H,4-8,10-11,13H2,1-3H3/t18-,19-,20?,21+,22-,23+/m0/s1. The lowest BCUT2D eigenvalue weighted by Crippen LogP contribution is -2.55. The van der Waals surface area contributed by atoms with Crippen LogP contribution < -0.4 is 0 Å². The Kier molecular flexibility index (Phi) is 4.61. The predicted molar refractivity (Wildman–Crippen MR) is 103 cm³/mol. The van der Waals surface area contributed by atoms with Crippen LogP contribution in [0, 0.1) is 28.6 Å². The number of ether oxygens (including phenoxy) is 1. The van der Waals surface area contributed by atoms with E-state index in [0.717, 1.165) is 38.5 Å². The molecule has 4 rings (SSSR count). The minimum Gasteiger partial charge on any atom is -0.462 e. The molecule has 1 N–H and O–H groups in total. The third-order valence-corrected chi connectivity index (χ3v) is 8.36. The monoisotopic (exact) mass is 372 g/mol. The van der Waals surface area contributed by atoms with E-state index >= 15 is 0 Å². The summed E-state index contributed by atoms with van der Waals surface area (Å²) in [5, 5.41) is 11.3. The van der Waals surface area contributed by atoms with Crippen molar-refractivity contribution < 1.29 is 19.4 Å². The van der Waals surface area contributed by atoms with Gasteiger partial charge in [0, 0.05) is 13.3 Å². The van der Waals surface area contributed by atoms with Crippen molar-refractivity contribution in [3.8, 4) is 0 Å². The first-order valence-corrected chi connectivity index (χ1v) is 10.5. The maximum Gasteiger partial charge on any atom is 0.302 e. The molecule has 0 bridgehead atoms. The lowest BCUT2D eigenvalue weighted by molar-refractivity contribution is -0.139. The van der Waals surface area contributed by atoms with E-state index in [9.17, 15) is 14.7 Å². The number of carbonyl (C=O) groups is 2. The van der Waals surface area contributed by atoms with Crippen molar-refractivity contribution in [2.24, 2.45) is 28.6 Å². The molecule has 0 aliphatic heterocycles. The molecule has 6 atom stereocenters. The Bertz CT molecular complexity index is 720. The summed E-state index contributed by atoms with van der Waals surface area (Å²) < 4.78 is 5.14. The number of fused-ring (bicyclic) bond motifs is 5. The number of aliphatic hydroxyl groups excluding tert-OH is 1. The molecular formula is C23H32O4. The van der Waals surface area contributed by atoms with Crippen molar-refractivity contribution in [1.29, 1.82) is 0 Å². The molecule has 0 aromatic heterocycles. The van der Waals surface area contributed by atoms with Crippen molar-refractivity contribution in [3.05, 3.63) is 23.3 Å². The number of ketones is 1. The van der Waals surface area contributed by atoms with E-state index in [1.807, 2.05) is 6.08 Å².